The summed E-state index contributed by atoms with van der Waals surface area (Å²) in [7, 11) is 3.13. The van der Waals surface area contributed by atoms with Gasteiger partial charge in [-0.25, -0.2) is 10.4 Å². The number of aromatic nitrogens is 2. The molecule has 4 aromatic rings. The van der Waals surface area contributed by atoms with Crippen LogP contribution in [0.4, 0.5) is 0 Å². The number of thiophene rings is 1. The van der Waals surface area contributed by atoms with Crippen LogP contribution >= 0.6 is 23.1 Å². The van der Waals surface area contributed by atoms with E-state index in [2.05, 4.69) is 10.5 Å². The Morgan fingerprint density at radius 1 is 1.15 bits per heavy atom. The molecule has 11 heteroatoms. The second-order valence-corrected chi connectivity index (χ2v) is 10.7. The Labute approximate surface area is 233 Å². The number of nitrogens with zero attached hydrogens (tertiary/aromatic N) is 3. The quantitative estimate of drug-likeness (QED) is 0.130. The van der Waals surface area contributed by atoms with E-state index < -0.39 is 0 Å². The van der Waals surface area contributed by atoms with Gasteiger partial charge < -0.3 is 14.2 Å². The third kappa shape index (κ3) is 5.64. The van der Waals surface area contributed by atoms with E-state index in [1.54, 1.807) is 48.3 Å². The Morgan fingerprint density at radius 3 is 2.69 bits per heavy atom. The molecule has 2 aromatic heterocycles. The van der Waals surface area contributed by atoms with Crippen molar-refractivity contribution in [3.63, 3.8) is 0 Å². The summed E-state index contributed by atoms with van der Waals surface area (Å²) < 4.78 is 17.7. The number of hydrogen-bond acceptors (Lipinski definition) is 9. The summed E-state index contributed by atoms with van der Waals surface area (Å²) in [6.07, 6.45) is 4.41. The molecule has 1 aliphatic carbocycles. The van der Waals surface area contributed by atoms with Crippen LogP contribution in [0, 0.1) is 0 Å². The fourth-order valence-electron chi connectivity index (χ4n) is 4.48. The van der Waals surface area contributed by atoms with Crippen LogP contribution < -0.4 is 25.2 Å². The van der Waals surface area contributed by atoms with Crippen molar-refractivity contribution in [2.24, 2.45) is 5.10 Å². The second-order valence-electron chi connectivity index (χ2n) is 8.69. The number of methoxy groups -OCH3 is 2. The summed E-state index contributed by atoms with van der Waals surface area (Å²) in [5.74, 6) is 1.65. The van der Waals surface area contributed by atoms with Crippen LogP contribution in [0.3, 0.4) is 0 Å². The van der Waals surface area contributed by atoms with E-state index >= 15 is 0 Å². The van der Waals surface area contributed by atoms with Gasteiger partial charge in [0, 0.05) is 10.4 Å². The molecule has 1 amide bonds. The summed E-state index contributed by atoms with van der Waals surface area (Å²) in [4.78, 5) is 33.3. The van der Waals surface area contributed by atoms with E-state index in [0.29, 0.717) is 39.9 Å². The highest BCUT2D eigenvalue weighted by atomic mass is 32.2. The molecular formula is C28H28N4O5S2. The van der Waals surface area contributed by atoms with Crippen molar-refractivity contribution in [1.29, 1.82) is 0 Å². The molecule has 0 unspecified atom stereocenters. The lowest BCUT2D eigenvalue weighted by Crippen LogP contribution is -2.24. The molecule has 2 heterocycles. The van der Waals surface area contributed by atoms with Crippen molar-refractivity contribution in [3.05, 3.63) is 68.8 Å². The zero-order valence-corrected chi connectivity index (χ0v) is 23.5. The van der Waals surface area contributed by atoms with Gasteiger partial charge in [-0.2, -0.15) is 5.10 Å². The molecule has 0 fully saturated rings. The van der Waals surface area contributed by atoms with Crippen molar-refractivity contribution in [2.75, 3.05) is 26.6 Å². The number of nitrogens with one attached hydrogen (secondary N) is 1. The highest BCUT2D eigenvalue weighted by Crippen LogP contribution is 2.36. The first-order chi connectivity index (χ1) is 19.0. The van der Waals surface area contributed by atoms with Crippen molar-refractivity contribution in [1.82, 2.24) is 15.0 Å². The number of hydrazone groups is 1. The lowest BCUT2D eigenvalue weighted by atomic mass is 10.2. The fraction of sp³-hybridized carbons (Fsp3) is 0.286. The largest absolute Gasteiger partial charge is 0.497 e. The third-order valence-electron chi connectivity index (χ3n) is 6.28. The van der Waals surface area contributed by atoms with Crippen LogP contribution in [0.2, 0.25) is 0 Å². The maximum Gasteiger partial charge on any atom is 0.267 e. The number of aryl methyl sites for hydroxylation is 2. The summed E-state index contributed by atoms with van der Waals surface area (Å²) in [5, 5.41) is 5.21. The number of carbonyl (C=O) groups is 1. The van der Waals surface area contributed by atoms with Gasteiger partial charge in [0.15, 0.2) is 5.16 Å². The molecule has 0 saturated carbocycles. The van der Waals surface area contributed by atoms with Crippen LogP contribution in [0.25, 0.3) is 15.9 Å². The third-order valence-corrected chi connectivity index (χ3v) is 8.40. The normalized spacial score (nSPS) is 12.6. The first kappa shape index (κ1) is 26.8. The monoisotopic (exact) mass is 564 g/mol. The molecule has 39 heavy (non-hydrogen) atoms. The molecule has 0 radical (unpaired) electrons. The molecule has 0 atom stereocenters. The number of fused-ring (bicyclic) bond motifs is 3. The maximum atomic E-state index is 13.8. The minimum Gasteiger partial charge on any atom is -0.497 e. The smallest absolute Gasteiger partial charge is 0.267 e. The topological polar surface area (TPSA) is 104 Å². The Morgan fingerprint density at radius 2 is 1.95 bits per heavy atom. The van der Waals surface area contributed by atoms with E-state index in [-0.39, 0.29) is 17.2 Å². The Balaban J connectivity index is 1.39. The van der Waals surface area contributed by atoms with Gasteiger partial charge >= 0.3 is 0 Å². The zero-order chi connectivity index (χ0) is 27.4. The molecule has 202 valence electrons. The van der Waals surface area contributed by atoms with Crippen LogP contribution in [-0.2, 0) is 17.6 Å². The average Bonchev–Trinajstić information content (AvgIpc) is 3.54. The first-order valence-corrected chi connectivity index (χ1v) is 14.3. The van der Waals surface area contributed by atoms with Crippen LogP contribution in [0.15, 0.2) is 57.5 Å². The average molecular weight is 565 g/mol. The number of thioether (sulfide) groups is 1. The van der Waals surface area contributed by atoms with E-state index in [1.807, 2.05) is 31.2 Å². The molecule has 1 N–H and O–H groups in total. The second kappa shape index (κ2) is 11.9. The van der Waals surface area contributed by atoms with Gasteiger partial charge in [0.1, 0.15) is 22.1 Å². The van der Waals surface area contributed by atoms with Crippen molar-refractivity contribution >= 4 is 45.4 Å². The number of benzene rings is 2. The molecular weight excluding hydrogens is 536 g/mol. The SMILES string of the molecule is CCOc1ccc(-n2c(SCC(=O)NN=Cc3cc(OC)ccc3OC)nc3sc4c(c3c2=O)CCC4)cc1. The molecule has 0 saturated heterocycles. The van der Waals surface area contributed by atoms with Gasteiger partial charge in [0.2, 0.25) is 0 Å². The van der Waals surface area contributed by atoms with E-state index in [4.69, 9.17) is 19.2 Å². The molecule has 9 nitrogen and oxygen atoms in total. The van der Waals surface area contributed by atoms with Crippen LogP contribution in [0.1, 0.15) is 29.3 Å². The predicted molar refractivity (Wildman–Crippen MR) is 154 cm³/mol. The summed E-state index contributed by atoms with van der Waals surface area (Å²) >= 11 is 2.77. The summed E-state index contributed by atoms with van der Waals surface area (Å²) in [5.41, 5.74) is 4.86. The number of amides is 1. The standard InChI is InChI=1S/C28H28N4O5S2/c1-4-37-19-10-8-18(9-11-19)32-27(34)25-21-6-5-7-23(21)39-26(25)30-28(32)38-16-24(33)31-29-15-17-14-20(35-2)12-13-22(17)36-3/h8-15H,4-7,16H2,1-3H3,(H,31,33). The lowest BCUT2D eigenvalue weighted by Gasteiger charge is -2.13. The van der Waals surface area contributed by atoms with Crippen molar-refractivity contribution in [2.45, 2.75) is 31.3 Å². The molecule has 0 bridgehead atoms. The summed E-state index contributed by atoms with van der Waals surface area (Å²) in [6.45, 7) is 2.47. The van der Waals surface area contributed by atoms with Crippen LogP contribution in [-0.4, -0.2) is 48.3 Å². The van der Waals surface area contributed by atoms with Gasteiger partial charge in [-0.3, -0.25) is 14.2 Å². The molecule has 0 aliphatic heterocycles. The van der Waals surface area contributed by atoms with Gasteiger partial charge in [-0.05, 0) is 74.2 Å². The molecule has 2 aromatic carbocycles. The Kier molecular flexibility index (Phi) is 8.18. The number of carbonyl (C=O) groups excluding carboxylic acids is 1. The Bertz CT molecular complexity index is 1590. The number of hydrogen-bond donors (Lipinski definition) is 1. The summed E-state index contributed by atoms with van der Waals surface area (Å²) in [6, 6.07) is 12.6. The molecule has 1 aliphatic rings. The lowest BCUT2D eigenvalue weighted by molar-refractivity contribution is -0.118. The van der Waals surface area contributed by atoms with Crippen molar-refractivity contribution < 1.29 is 19.0 Å². The van der Waals surface area contributed by atoms with Gasteiger partial charge in [0.05, 0.1) is 43.9 Å². The van der Waals surface area contributed by atoms with Gasteiger partial charge in [0.25, 0.3) is 11.5 Å². The fourth-order valence-corrected chi connectivity index (χ4v) is 6.59. The number of ether oxygens (including phenoxy) is 3. The highest BCUT2D eigenvalue weighted by Gasteiger charge is 2.24. The van der Waals surface area contributed by atoms with Gasteiger partial charge in [-0.1, -0.05) is 11.8 Å². The molecule has 0 spiro atoms. The minimum absolute atomic E-state index is 0.0205. The van der Waals surface area contributed by atoms with Gasteiger partial charge in [-0.15, -0.1) is 11.3 Å². The molecule has 5 rings (SSSR count). The highest BCUT2D eigenvalue weighted by molar-refractivity contribution is 7.99. The minimum atomic E-state index is -0.334. The predicted octanol–water partition coefficient (Wildman–Crippen LogP) is 4.59. The van der Waals surface area contributed by atoms with E-state index in [0.717, 1.165) is 35.4 Å². The first-order valence-electron chi connectivity index (χ1n) is 12.5. The number of rotatable bonds is 10. The maximum absolute atomic E-state index is 13.8. The van der Waals surface area contributed by atoms with E-state index in [9.17, 15) is 9.59 Å². The van der Waals surface area contributed by atoms with Crippen molar-refractivity contribution in [3.8, 4) is 22.9 Å². The van der Waals surface area contributed by atoms with Crippen LogP contribution in [0.5, 0.6) is 17.2 Å². The Hall–Kier alpha value is -3.83. The van der Waals surface area contributed by atoms with E-state index in [1.165, 1.54) is 22.9 Å². The zero-order valence-electron chi connectivity index (χ0n) is 21.9.